The average molecular weight is 446 g/mol. The van der Waals surface area contributed by atoms with Gasteiger partial charge in [0.15, 0.2) is 0 Å². The fourth-order valence-corrected chi connectivity index (χ4v) is 4.13. The lowest BCUT2D eigenvalue weighted by Crippen LogP contribution is -2.29. The molecule has 1 aliphatic carbocycles. The largest absolute Gasteiger partial charge is 0.373 e. The number of carbonyl (C=O) groups excluding carboxylic acids is 1. The van der Waals surface area contributed by atoms with Crippen LogP contribution in [0.15, 0.2) is 36.7 Å². The van der Waals surface area contributed by atoms with Crippen LogP contribution in [-0.2, 0) is 10.2 Å². The fourth-order valence-electron chi connectivity index (χ4n) is 4.13. The molecule has 1 aliphatic rings. The maximum Gasteiger partial charge on any atom is 0.320 e. The van der Waals surface area contributed by atoms with E-state index >= 15 is 0 Å². The molecule has 1 saturated carbocycles. The number of nitrogens with zero attached hydrogens (tertiary/aromatic N) is 4. The second kappa shape index (κ2) is 7.52. The van der Waals surface area contributed by atoms with Gasteiger partial charge in [0.2, 0.25) is 5.91 Å². The number of halogens is 2. The van der Waals surface area contributed by atoms with Crippen molar-refractivity contribution in [1.82, 2.24) is 19.5 Å². The summed E-state index contributed by atoms with van der Waals surface area (Å²) in [7, 11) is 1.76. The number of aromatic nitrogens is 4. The van der Waals surface area contributed by atoms with Crippen LogP contribution in [0.2, 0.25) is 0 Å². The first-order valence-electron chi connectivity index (χ1n) is 10.4. The van der Waals surface area contributed by atoms with Crippen molar-refractivity contribution in [3.8, 4) is 11.8 Å². The third-order valence-electron chi connectivity index (χ3n) is 6.12. The monoisotopic (exact) mass is 446 g/mol. The van der Waals surface area contributed by atoms with E-state index in [2.05, 4.69) is 32.1 Å². The quantitative estimate of drug-likeness (QED) is 0.467. The molecule has 0 atom stereocenters. The zero-order chi connectivity index (χ0) is 23.3. The highest BCUT2D eigenvalue weighted by Crippen LogP contribution is 2.47. The third kappa shape index (κ3) is 3.35. The Kier molecular flexibility index (Phi) is 4.74. The minimum Gasteiger partial charge on any atom is -0.373 e. The van der Waals surface area contributed by atoms with Crippen molar-refractivity contribution in [2.45, 2.75) is 31.7 Å². The maximum atomic E-state index is 13.4. The van der Waals surface area contributed by atoms with Gasteiger partial charge in [0.25, 0.3) is 0 Å². The molecule has 3 heterocycles. The normalized spacial score (nSPS) is 14.3. The Bertz CT molecular complexity index is 1490. The van der Waals surface area contributed by atoms with Gasteiger partial charge in [0.1, 0.15) is 11.6 Å². The minimum atomic E-state index is -2.69. The van der Waals surface area contributed by atoms with Crippen molar-refractivity contribution in [1.29, 1.82) is 0 Å². The first-order chi connectivity index (χ1) is 15.8. The lowest BCUT2D eigenvalue weighted by atomic mass is 9.98. The summed E-state index contributed by atoms with van der Waals surface area (Å²) in [5.74, 6) is 6.64. The molecule has 0 bridgehead atoms. The van der Waals surface area contributed by atoms with Crippen molar-refractivity contribution in [2.75, 3.05) is 12.4 Å². The molecule has 1 amide bonds. The molecule has 0 radical (unpaired) electrons. The van der Waals surface area contributed by atoms with Gasteiger partial charge in [-0.25, -0.2) is 9.97 Å². The molecule has 33 heavy (non-hydrogen) atoms. The first-order valence-corrected chi connectivity index (χ1v) is 10.4. The second-order valence-electron chi connectivity index (χ2n) is 8.09. The second-order valence-corrected chi connectivity index (χ2v) is 8.09. The van der Waals surface area contributed by atoms with Crippen LogP contribution in [0.3, 0.4) is 0 Å². The number of nitrogens with one attached hydrogen (secondary N) is 1. The van der Waals surface area contributed by atoms with Gasteiger partial charge in [-0.15, -0.1) is 0 Å². The molecular formula is C24H20F2N6O. The minimum absolute atomic E-state index is 0.242. The number of anilines is 1. The number of amides is 1. The molecule has 0 spiro atoms. The topological polar surface area (TPSA) is 98.7 Å². The van der Waals surface area contributed by atoms with Gasteiger partial charge in [0.05, 0.1) is 27.7 Å². The van der Waals surface area contributed by atoms with Crippen LogP contribution in [-0.4, -0.2) is 32.5 Å². The number of primary amides is 1. The van der Waals surface area contributed by atoms with Gasteiger partial charge in [-0.1, -0.05) is 11.8 Å². The molecular weight excluding hydrogens is 426 g/mol. The molecule has 3 N–H and O–H groups in total. The predicted octanol–water partition coefficient (Wildman–Crippen LogP) is 3.64. The maximum absolute atomic E-state index is 13.4. The van der Waals surface area contributed by atoms with Crippen molar-refractivity contribution < 1.29 is 13.6 Å². The summed E-state index contributed by atoms with van der Waals surface area (Å²) in [5.41, 5.74) is 7.54. The average Bonchev–Trinajstić information content (AvgIpc) is 3.54. The summed E-state index contributed by atoms with van der Waals surface area (Å²) >= 11 is 0. The highest BCUT2D eigenvalue weighted by atomic mass is 19.3. The summed E-state index contributed by atoms with van der Waals surface area (Å²) in [6.45, 7) is -1.14. The van der Waals surface area contributed by atoms with Crippen LogP contribution in [0.1, 0.15) is 42.0 Å². The molecule has 1 aromatic carbocycles. The Morgan fingerprint density at radius 3 is 2.64 bits per heavy atom. The SMILES string of the molecule is CNc1ncc(C#Cc2ccc3nc(C)n(C(F)F)c3c2)c2cc(C3(C(N)=O)CC3)ncc12. The highest BCUT2D eigenvalue weighted by Gasteiger charge is 2.51. The van der Waals surface area contributed by atoms with Crippen LogP contribution in [0.25, 0.3) is 21.8 Å². The number of imidazole rings is 1. The van der Waals surface area contributed by atoms with Crippen molar-refractivity contribution in [3.63, 3.8) is 0 Å². The standard InChI is InChI=1S/C24H20F2N6O/c1-13-31-18-6-4-14(9-19(18)32(13)23(25)26)3-5-15-11-30-21(28-2)17-12-29-20(10-16(15)17)24(7-8-24)22(27)33/h4,6,9-12,23H,7-8H2,1-2H3,(H2,27,33)(H,28,30). The van der Waals surface area contributed by atoms with E-state index in [0.29, 0.717) is 46.5 Å². The number of hydrogen-bond donors (Lipinski definition) is 2. The van der Waals surface area contributed by atoms with Crippen molar-refractivity contribution in [3.05, 3.63) is 59.3 Å². The Labute approximate surface area is 188 Å². The highest BCUT2D eigenvalue weighted by molar-refractivity contribution is 5.97. The number of pyridine rings is 2. The third-order valence-corrected chi connectivity index (χ3v) is 6.12. The van der Waals surface area contributed by atoms with Crippen LogP contribution in [0.4, 0.5) is 14.6 Å². The summed E-state index contributed by atoms with van der Waals surface area (Å²) in [4.78, 5) is 25.1. The molecule has 0 unspecified atom stereocenters. The van der Waals surface area contributed by atoms with Gasteiger partial charge in [-0.3, -0.25) is 14.3 Å². The van der Waals surface area contributed by atoms with Gasteiger partial charge < -0.3 is 11.1 Å². The number of nitrogens with two attached hydrogens (primary N) is 1. The first kappa shape index (κ1) is 20.8. The molecule has 9 heteroatoms. The van der Waals surface area contributed by atoms with Crippen LogP contribution in [0, 0.1) is 18.8 Å². The number of hydrogen-bond acceptors (Lipinski definition) is 5. The Balaban J connectivity index is 1.63. The number of carbonyl (C=O) groups is 1. The summed E-state index contributed by atoms with van der Waals surface area (Å²) in [6, 6.07) is 6.87. The summed E-state index contributed by atoms with van der Waals surface area (Å²) in [5, 5.41) is 4.58. The zero-order valence-corrected chi connectivity index (χ0v) is 18.0. The van der Waals surface area contributed by atoms with Crippen LogP contribution < -0.4 is 11.1 Å². The van der Waals surface area contributed by atoms with E-state index in [1.54, 1.807) is 44.6 Å². The molecule has 166 valence electrons. The Morgan fingerprint density at radius 1 is 1.18 bits per heavy atom. The van der Waals surface area contributed by atoms with E-state index in [1.165, 1.54) is 0 Å². The van der Waals surface area contributed by atoms with Crippen molar-refractivity contribution >= 4 is 33.5 Å². The predicted molar refractivity (Wildman–Crippen MR) is 121 cm³/mol. The number of alkyl halides is 2. The summed E-state index contributed by atoms with van der Waals surface area (Å²) < 4.78 is 27.8. The van der Waals surface area contributed by atoms with E-state index in [-0.39, 0.29) is 11.7 Å². The van der Waals surface area contributed by atoms with Gasteiger partial charge in [0, 0.05) is 35.8 Å². The number of benzene rings is 1. The van der Waals surface area contributed by atoms with E-state index in [0.717, 1.165) is 15.3 Å². The molecule has 1 fully saturated rings. The number of rotatable bonds is 4. The molecule has 7 nitrogen and oxygen atoms in total. The fraction of sp³-hybridized carbons (Fsp3) is 0.250. The number of fused-ring (bicyclic) bond motifs is 2. The lowest BCUT2D eigenvalue weighted by Gasteiger charge is -2.13. The Hall–Kier alpha value is -4.06. The lowest BCUT2D eigenvalue weighted by molar-refractivity contribution is -0.120. The van der Waals surface area contributed by atoms with E-state index < -0.39 is 12.0 Å². The zero-order valence-electron chi connectivity index (χ0n) is 18.0. The van der Waals surface area contributed by atoms with E-state index in [1.807, 2.05) is 6.07 Å². The Morgan fingerprint density at radius 2 is 1.97 bits per heavy atom. The molecule has 5 rings (SSSR count). The summed E-state index contributed by atoms with van der Waals surface area (Å²) in [6.07, 6.45) is 4.65. The van der Waals surface area contributed by atoms with Crippen molar-refractivity contribution in [2.24, 2.45) is 5.73 Å². The van der Waals surface area contributed by atoms with E-state index in [9.17, 15) is 13.6 Å². The molecule has 0 aliphatic heterocycles. The van der Waals surface area contributed by atoms with Gasteiger partial charge in [-0.05, 0) is 44.0 Å². The smallest absolute Gasteiger partial charge is 0.320 e. The molecule has 3 aromatic heterocycles. The van der Waals surface area contributed by atoms with Crippen LogP contribution >= 0.6 is 0 Å². The van der Waals surface area contributed by atoms with Gasteiger partial charge in [-0.2, -0.15) is 8.78 Å². The molecule has 0 saturated heterocycles. The van der Waals surface area contributed by atoms with Gasteiger partial charge >= 0.3 is 6.55 Å². The molecule has 4 aromatic rings. The number of aryl methyl sites for hydroxylation is 1. The van der Waals surface area contributed by atoms with E-state index in [4.69, 9.17) is 5.73 Å². The van der Waals surface area contributed by atoms with Crippen LogP contribution in [0.5, 0.6) is 0 Å².